The number of nitrogens with one attached hydrogen (secondary N) is 2. The van der Waals surface area contributed by atoms with Crippen molar-refractivity contribution in [3.05, 3.63) is 65.7 Å². The number of benzene rings is 2. The largest absolute Gasteiger partial charge is 0.326 e. The fourth-order valence-corrected chi connectivity index (χ4v) is 3.20. The van der Waals surface area contributed by atoms with Crippen molar-refractivity contribution in [3.8, 4) is 0 Å². The lowest BCUT2D eigenvalue weighted by Gasteiger charge is -2.07. The van der Waals surface area contributed by atoms with Gasteiger partial charge in [-0.15, -0.1) is 10.2 Å². The van der Waals surface area contributed by atoms with Crippen LogP contribution >= 0.6 is 11.8 Å². The van der Waals surface area contributed by atoms with E-state index in [4.69, 9.17) is 0 Å². The summed E-state index contributed by atoms with van der Waals surface area (Å²) in [6.07, 6.45) is 0.0692. The van der Waals surface area contributed by atoms with Gasteiger partial charge < -0.3 is 15.2 Å². The van der Waals surface area contributed by atoms with Crippen molar-refractivity contribution >= 4 is 35.0 Å². The number of hydrogen-bond acceptors (Lipinski definition) is 5. The van der Waals surface area contributed by atoms with Gasteiger partial charge in [0, 0.05) is 18.4 Å². The third kappa shape index (κ3) is 5.89. The van der Waals surface area contributed by atoms with Crippen LogP contribution in [-0.2, 0) is 23.1 Å². The van der Waals surface area contributed by atoms with E-state index < -0.39 is 0 Å². The van der Waals surface area contributed by atoms with Gasteiger partial charge in [0.25, 0.3) is 0 Å². The number of aryl methyl sites for hydroxylation is 1. The second-order valence-corrected chi connectivity index (χ2v) is 7.34. The number of carbonyl (C=O) groups excluding carboxylic acids is 2. The summed E-state index contributed by atoms with van der Waals surface area (Å²) in [7, 11) is 1.74. The molecule has 29 heavy (non-hydrogen) atoms. The molecule has 0 radical (unpaired) electrons. The second kappa shape index (κ2) is 9.33. The van der Waals surface area contributed by atoms with E-state index in [2.05, 4.69) is 20.8 Å². The van der Waals surface area contributed by atoms with E-state index >= 15 is 0 Å². The Balaban J connectivity index is 1.51. The molecule has 1 heterocycles. The molecular weight excluding hydrogens is 393 g/mol. The van der Waals surface area contributed by atoms with Crippen molar-refractivity contribution in [2.24, 2.45) is 7.05 Å². The number of aromatic nitrogens is 3. The maximum absolute atomic E-state index is 12.9. The predicted molar refractivity (Wildman–Crippen MR) is 110 cm³/mol. The first-order chi connectivity index (χ1) is 13.9. The highest BCUT2D eigenvalue weighted by atomic mass is 32.2. The molecule has 150 valence electrons. The van der Waals surface area contributed by atoms with Crippen molar-refractivity contribution in [2.75, 3.05) is 16.4 Å². The molecule has 7 nitrogen and oxygen atoms in total. The average Bonchev–Trinajstić information content (AvgIpc) is 3.03. The molecule has 9 heteroatoms. The van der Waals surface area contributed by atoms with Gasteiger partial charge in [-0.2, -0.15) is 0 Å². The number of carbonyl (C=O) groups is 2. The monoisotopic (exact) mass is 413 g/mol. The Kier molecular flexibility index (Phi) is 6.61. The number of nitrogens with zero attached hydrogens (tertiary/aromatic N) is 3. The molecule has 1 aromatic heterocycles. The van der Waals surface area contributed by atoms with Gasteiger partial charge in [0.1, 0.15) is 11.6 Å². The summed E-state index contributed by atoms with van der Waals surface area (Å²) >= 11 is 1.20. The standard InChI is InChI=1S/C20H20FN5O2S/c1-13-3-7-15(8-4-13)22-18(27)11-17-24-25-20(26(17)2)29-12-19(28)23-16-9-5-14(21)6-10-16/h3-10H,11-12H2,1-2H3,(H,22,27)(H,23,28). The van der Waals surface area contributed by atoms with Gasteiger partial charge in [0.2, 0.25) is 11.8 Å². The fraction of sp³-hybridized carbons (Fsp3) is 0.200. The van der Waals surface area contributed by atoms with E-state index in [9.17, 15) is 14.0 Å². The molecule has 2 N–H and O–H groups in total. The minimum Gasteiger partial charge on any atom is -0.326 e. The zero-order chi connectivity index (χ0) is 20.8. The van der Waals surface area contributed by atoms with E-state index in [1.54, 1.807) is 11.6 Å². The van der Waals surface area contributed by atoms with E-state index in [1.165, 1.54) is 36.0 Å². The Hall–Kier alpha value is -3.20. The summed E-state index contributed by atoms with van der Waals surface area (Å²) in [5, 5.41) is 14.1. The maximum Gasteiger partial charge on any atom is 0.234 e. The van der Waals surface area contributed by atoms with Crippen molar-refractivity contribution in [2.45, 2.75) is 18.5 Å². The highest BCUT2D eigenvalue weighted by Gasteiger charge is 2.14. The molecule has 0 unspecified atom stereocenters. The molecule has 2 aromatic carbocycles. The lowest BCUT2D eigenvalue weighted by atomic mass is 10.2. The van der Waals surface area contributed by atoms with Crippen LogP contribution in [0.25, 0.3) is 0 Å². The number of anilines is 2. The Morgan fingerprint density at radius 1 is 0.966 bits per heavy atom. The Bertz CT molecular complexity index is 1000. The van der Waals surface area contributed by atoms with E-state index in [1.807, 2.05) is 31.2 Å². The van der Waals surface area contributed by atoms with Crippen LogP contribution in [0.15, 0.2) is 53.7 Å². The molecule has 0 spiro atoms. The van der Waals surface area contributed by atoms with Gasteiger partial charge >= 0.3 is 0 Å². The normalized spacial score (nSPS) is 10.6. The molecule has 0 saturated heterocycles. The smallest absolute Gasteiger partial charge is 0.234 e. The van der Waals surface area contributed by atoms with Gasteiger partial charge in [-0.25, -0.2) is 4.39 Å². The highest BCUT2D eigenvalue weighted by molar-refractivity contribution is 7.99. The van der Waals surface area contributed by atoms with Crippen molar-refractivity contribution < 1.29 is 14.0 Å². The molecule has 0 aliphatic rings. The zero-order valence-corrected chi connectivity index (χ0v) is 16.8. The molecule has 2 amide bonds. The van der Waals surface area contributed by atoms with Gasteiger partial charge in [-0.3, -0.25) is 9.59 Å². The third-order valence-corrected chi connectivity index (χ3v) is 5.06. The minimum atomic E-state index is -0.365. The van der Waals surface area contributed by atoms with Crippen LogP contribution in [0.2, 0.25) is 0 Å². The van der Waals surface area contributed by atoms with Crippen LogP contribution in [0.4, 0.5) is 15.8 Å². The number of hydrogen-bond donors (Lipinski definition) is 2. The number of thioether (sulfide) groups is 1. The van der Waals surface area contributed by atoms with Crippen molar-refractivity contribution in [1.82, 2.24) is 14.8 Å². The van der Waals surface area contributed by atoms with Crippen LogP contribution in [0, 0.1) is 12.7 Å². The predicted octanol–water partition coefficient (Wildman–Crippen LogP) is 3.17. The summed E-state index contributed by atoms with van der Waals surface area (Å²) in [4.78, 5) is 24.3. The van der Waals surface area contributed by atoms with E-state index in [-0.39, 0.29) is 29.8 Å². The van der Waals surface area contributed by atoms with Gasteiger partial charge in [-0.05, 0) is 43.3 Å². The van der Waals surface area contributed by atoms with Gasteiger partial charge in [0.15, 0.2) is 5.16 Å². The Labute approximate surface area is 171 Å². The molecule has 0 aliphatic heterocycles. The van der Waals surface area contributed by atoms with E-state index in [0.717, 1.165) is 11.3 Å². The zero-order valence-electron chi connectivity index (χ0n) is 16.0. The topological polar surface area (TPSA) is 88.9 Å². The van der Waals surface area contributed by atoms with Crippen LogP contribution in [0.5, 0.6) is 0 Å². The lowest BCUT2D eigenvalue weighted by Crippen LogP contribution is -2.17. The number of rotatable bonds is 7. The molecule has 0 saturated carbocycles. The first kappa shape index (κ1) is 20.5. The molecule has 0 aliphatic carbocycles. The molecule has 0 bridgehead atoms. The second-order valence-electron chi connectivity index (χ2n) is 6.39. The van der Waals surface area contributed by atoms with Crippen LogP contribution in [-0.4, -0.2) is 32.3 Å². The summed E-state index contributed by atoms with van der Waals surface area (Å²) in [6.45, 7) is 1.98. The van der Waals surface area contributed by atoms with Gasteiger partial charge in [0.05, 0.1) is 12.2 Å². The third-order valence-electron chi connectivity index (χ3n) is 4.04. The highest BCUT2D eigenvalue weighted by Crippen LogP contribution is 2.17. The SMILES string of the molecule is Cc1ccc(NC(=O)Cc2nnc(SCC(=O)Nc3ccc(F)cc3)n2C)cc1. The summed E-state index contributed by atoms with van der Waals surface area (Å²) in [6, 6.07) is 13.1. The quantitative estimate of drug-likeness (QED) is 0.581. The van der Waals surface area contributed by atoms with E-state index in [0.29, 0.717) is 16.7 Å². The Morgan fingerprint density at radius 3 is 2.21 bits per heavy atom. The van der Waals surface area contributed by atoms with Crippen molar-refractivity contribution in [3.63, 3.8) is 0 Å². The van der Waals surface area contributed by atoms with Crippen molar-refractivity contribution in [1.29, 1.82) is 0 Å². The molecular formula is C20H20FN5O2S. The first-order valence-electron chi connectivity index (χ1n) is 8.84. The maximum atomic E-state index is 12.9. The van der Waals surface area contributed by atoms with Gasteiger partial charge in [-0.1, -0.05) is 29.5 Å². The lowest BCUT2D eigenvalue weighted by molar-refractivity contribution is -0.116. The summed E-state index contributed by atoms with van der Waals surface area (Å²) < 4.78 is 14.6. The molecule has 3 rings (SSSR count). The first-order valence-corrected chi connectivity index (χ1v) is 9.82. The summed E-state index contributed by atoms with van der Waals surface area (Å²) in [5.74, 6) is -0.205. The Morgan fingerprint density at radius 2 is 1.55 bits per heavy atom. The van der Waals surface area contributed by atoms with Crippen LogP contribution < -0.4 is 10.6 Å². The minimum absolute atomic E-state index is 0.0692. The summed E-state index contributed by atoms with van der Waals surface area (Å²) in [5.41, 5.74) is 2.35. The number of amides is 2. The van der Waals surface area contributed by atoms with Crippen LogP contribution in [0.3, 0.4) is 0 Å². The average molecular weight is 413 g/mol. The molecule has 0 atom stereocenters. The van der Waals surface area contributed by atoms with Crippen LogP contribution in [0.1, 0.15) is 11.4 Å². The molecule has 0 fully saturated rings. The number of halogens is 1. The fourth-order valence-electron chi connectivity index (χ4n) is 2.47. The molecule has 3 aromatic rings.